The van der Waals surface area contributed by atoms with Gasteiger partial charge in [0.05, 0.1) is 32.0 Å². The minimum atomic E-state index is -0.586. The minimum Gasteiger partial charge on any atom is -0.508 e. The van der Waals surface area contributed by atoms with Gasteiger partial charge in [0.2, 0.25) is 5.75 Å². The van der Waals surface area contributed by atoms with Gasteiger partial charge < -0.3 is 35.0 Å². The molecule has 0 aromatic heterocycles. The van der Waals surface area contributed by atoms with Crippen LogP contribution in [0.1, 0.15) is 42.1 Å². The molecule has 152 valence electrons. The highest BCUT2D eigenvalue weighted by molar-refractivity contribution is 5.58. The molecule has 1 saturated heterocycles. The second-order valence-electron chi connectivity index (χ2n) is 7.08. The monoisotopic (exact) mass is 390 g/mol. The van der Waals surface area contributed by atoms with Gasteiger partial charge in [-0.25, -0.2) is 0 Å². The molecule has 28 heavy (non-hydrogen) atoms. The number of hydrogen-bond acceptors (Lipinski definition) is 7. The summed E-state index contributed by atoms with van der Waals surface area (Å²) in [5.74, 6) is -0.587. The first-order chi connectivity index (χ1) is 13.4. The zero-order chi connectivity index (χ0) is 20.3. The Morgan fingerprint density at radius 1 is 1.07 bits per heavy atom. The van der Waals surface area contributed by atoms with E-state index < -0.39 is 30.3 Å². The van der Waals surface area contributed by atoms with Gasteiger partial charge in [0.15, 0.2) is 11.5 Å². The number of ether oxygens (including phenoxy) is 2. The second kappa shape index (κ2) is 8.68. The molecule has 1 fully saturated rings. The van der Waals surface area contributed by atoms with Crippen LogP contribution in [0.15, 0.2) is 30.3 Å². The van der Waals surface area contributed by atoms with Gasteiger partial charge in [-0.15, -0.1) is 0 Å². The Balaban J connectivity index is 1.79. The third-order valence-corrected chi connectivity index (χ3v) is 5.17. The van der Waals surface area contributed by atoms with Crippen molar-refractivity contribution in [3.05, 3.63) is 47.0 Å². The van der Waals surface area contributed by atoms with E-state index in [-0.39, 0.29) is 23.2 Å². The number of phenols is 3. The number of methoxy groups -OCH3 is 1. The van der Waals surface area contributed by atoms with E-state index in [2.05, 4.69) is 0 Å². The van der Waals surface area contributed by atoms with E-state index in [0.717, 1.165) is 12.0 Å². The molecule has 0 spiro atoms. The highest BCUT2D eigenvalue weighted by Gasteiger charge is 2.32. The zero-order valence-electron chi connectivity index (χ0n) is 15.7. The van der Waals surface area contributed by atoms with Crippen molar-refractivity contribution in [1.29, 1.82) is 0 Å². The van der Waals surface area contributed by atoms with Gasteiger partial charge in [-0.1, -0.05) is 12.1 Å². The molecular formula is C21H26O7. The Morgan fingerprint density at radius 3 is 2.43 bits per heavy atom. The lowest BCUT2D eigenvalue weighted by Gasteiger charge is -2.34. The lowest BCUT2D eigenvalue weighted by molar-refractivity contribution is -0.100. The van der Waals surface area contributed by atoms with E-state index in [1.54, 1.807) is 12.1 Å². The summed E-state index contributed by atoms with van der Waals surface area (Å²) in [6.45, 7) is -0.479. The van der Waals surface area contributed by atoms with Crippen LogP contribution in [0, 0.1) is 0 Å². The van der Waals surface area contributed by atoms with Gasteiger partial charge in [-0.05, 0) is 48.6 Å². The van der Waals surface area contributed by atoms with Crippen LogP contribution in [0.4, 0.5) is 0 Å². The first kappa shape index (κ1) is 20.3. The van der Waals surface area contributed by atoms with Crippen LogP contribution in [-0.2, 0) is 17.8 Å². The Bertz CT molecular complexity index is 803. The standard InChI is InChI=1S/C21H26O7/c1-27-19-10-16(17(11-22)20(25)21(19)26)18-9-14(24)8-15(28-18)7-4-12-2-5-13(23)6-3-12/h2-3,5-6,10,14-15,18,22-26H,4,7-9,11H2,1H3. The average Bonchev–Trinajstić information content (AvgIpc) is 2.69. The molecule has 7 nitrogen and oxygen atoms in total. The van der Waals surface area contributed by atoms with Crippen molar-refractivity contribution in [3.63, 3.8) is 0 Å². The van der Waals surface area contributed by atoms with Gasteiger partial charge in [-0.2, -0.15) is 0 Å². The second-order valence-corrected chi connectivity index (χ2v) is 7.08. The van der Waals surface area contributed by atoms with Gasteiger partial charge in [-0.3, -0.25) is 0 Å². The maximum atomic E-state index is 10.3. The van der Waals surface area contributed by atoms with Crippen LogP contribution in [-0.4, -0.2) is 44.9 Å². The molecule has 0 saturated carbocycles. The normalized spacial score (nSPS) is 22.2. The van der Waals surface area contributed by atoms with Crippen LogP contribution in [0.2, 0.25) is 0 Å². The molecule has 7 heteroatoms. The summed E-state index contributed by atoms with van der Waals surface area (Å²) in [6.07, 6.45) is 0.861. The summed E-state index contributed by atoms with van der Waals surface area (Å²) in [7, 11) is 1.37. The smallest absolute Gasteiger partial charge is 0.200 e. The Hall–Kier alpha value is -2.48. The topological polar surface area (TPSA) is 120 Å². The minimum absolute atomic E-state index is 0.0778. The predicted molar refractivity (Wildman–Crippen MR) is 102 cm³/mol. The fourth-order valence-electron chi connectivity index (χ4n) is 3.67. The number of aryl methyl sites for hydroxylation is 1. The van der Waals surface area contributed by atoms with Crippen LogP contribution in [0.3, 0.4) is 0 Å². The Kier molecular flexibility index (Phi) is 6.28. The van der Waals surface area contributed by atoms with E-state index in [4.69, 9.17) is 9.47 Å². The van der Waals surface area contributed by atoms with E-state index in [0.29, 0.717) is 24.8 Å². The number of aromatic hydroxyl groups is 3. The molecule has 0 bridgehead atoms. The lowest BCUT2D eigenvalue weighted by atomic mass is 9.90. The highest BCUT2D eigenvalue weighted by Crippen LogP contribution is 2.45. The maximum absolute atomic E-state index is 10.3. The van der Waals surface area contributed by atoms with Gasteiger partial charge in [0.25, 0.3) is 0 Å². The maximum Gasteiger partial charge on any atom is 0.200 e. The van der Waals surface area contributed by atoms with E-state index >= 15 is 0 Å². The Morgan fingerprint density at radius 2 is 1.79 bits per heavy atom. The highest BCUT2D eigenvalue weighted by atomic mass is 16.5. The van der Waals surface area contributed by atoms with Crippen molar-refractivity contribution in [3.8, 4) is 23.0 Å². The summed E-state index contributed by atoms with van der Waals surface area (Å²) in [5, 5.41) is 49.6. The number of phenolic OH excluding ortho intramolecular Hbond substituents is 2. The number of aliphatic hydroxyl groups is 2. The van der Waals surface area contributed by atoms with Crippen molar-refractivity contribution < 1.29 is 35.0 Å². The average molecular weight is 390 g/mol. The summed E-state index contributed by atoms with van der Waals surface area (Å²) in [4.78, 5) is 0. The molecule has 2 aromatic carbocycles. The summed E-state index contributed by atoms with van der Waals surface area (Å²) in [6, 6.07) is 8.49. The van der Waals surface area contributed by atoms with Crippen LogP contribution < -0.4 is 4.74 Å². The van der Waals surface area contributed by atoms with E-state index in [1.807, 2.05) is 12.1 Å². The van der Waals surface area contributed by atoms with Crippen molar-refractivity contribution in [2.24, 2.45) is 0 Å². The molecule has 1 aliphatic rings. The van der Waals surface area contributed by atoms with Crippen molar-refractivity contribution in [2.75, 3.05) is 7.11 Å². The van der Waals surface area contributed by atoms with Gasteiger partial charge >= 0.3 is 0 Å². The van der Waals surface area contributed by atoms with Crippen LogP contribution in [0.5, 0.6) is 23.0 Å². The lowest BCUT2D eigenvalue weighted by Crippen LogP contribution is -2.32. The van der Waals surface area contributed by atoms with Crippen molar-refractivity contribution >= 4 is 0 Å². The SMILES string of the molecule is COc1cc(C2CC(O)CC(CCc3ccc(O)cc3)O2)c(CO)c(O)c1O. The molecule has 2 aromatic rings. The zero-order valence-corrected chi connectivity index (χ0v) is 15.7. The molecule has 1 aliphatic heterocycles. The Labute approximate surface area is 163 Å². The molecule has 5 N–H and O–H groups in total. The molecule has 1 heterocycles. The largest absolute Gasteiger partial charge is 0.508 e. The van der Waals surface area contributed by atoms with E-state index in [1.165, 1.54) is 13.2 Å². The molecule has 3 unspecified atom stereocenters. The summed E-state index contributed by atoms with van der Waals surface area (Å²) < 4.78 is 11.3. The summed E-state index contributed by atoms with van der Waals surface area (Å²) in [5.41, 5.74) is 1.70. The molecule has 0 aliphatic carbocycles. The predicted octanol–water partition coefficient (Wildman–Crippen LogP) is 2.52. The van der Waals surface area contributed by atoms with Crippen molar-refractivity contribution in [2.45, 2.75) is 50.6 Å². The van der Waals surface area contributed by atoms with Crippen LogP contribution in [0.25, 0.3) is 0 Å². The number of rotatable bonds is 6. The third kappa shape index (κ3) is 4.32. The first-order valence-corrected chi connectivity index (χ1v) is 9.26. The molecule has 3 atom stereocenters. The number of hydrogen-bond donors (Lipinski definition) is 5. The molecule has 0 radical (unpaired) electrons. The quantitative estimate of drug-likeness (QED) is 0.481. The fraction of sp³-hybridized carbons (Fsp3) is 0.429. The van der Waals surface area contributed by atoms with E-state index in [9.17, 15) is 25.5 Å². The first-order valence-electron chi connectivity index (χ1n) is 9.26. The van der Waals surface area contributed by atoms with Crippen LogP contribution >= 0.6 is 0 Å². The van der Waals surface area contributed by atoms with Gasteiger partial charge in [0.1, 0.15) is 5.75 Å². The summed E-state index contributed by atoms with van der Waals surface area (Å²) >= 11 is 0. The fourth-order valence-corrected chi connectivity index (χ4v) is 3.67. The number of benzene rings is 2. The third-order valence-electron chi connectivity index (χ3n) is 5.17. The molecular weight excluding hydrogens is 364 g/mol. The number of aliphatic hydroxyl groups excluding tert-OH is 2. The molecule has 0 amide bonds. The van der Waals surface area contributed by atoms with Crippen molar-refractivity contribution in [1.82, 2.24) is 0 Å². The molecule has 3 rings (SSSR count). The van der Waals surface area contributed by atoms with Gasteiger partial charge in [0, 0.05) is 12.0 Å².